The Morgan fingerprint density at radius 3 is 3.05 bits per heavy atom. The van der Waals surface area contributed by atoms with E-state index in [4.69, 9.17) is 0 Å². The van der Waals surface area contributed by atoms with Crippen LogP contribution >= 0.6 is 0 Å². The van der Waals surface area contributed by atoms with E-state index in [1.54, 1.807) is 0 Å². The van der Waals surface area contributed by atoms with Gasteiger partial charge in [-0.15, -0.1) is 0 Å². The number of benzene rings is 1. The number of hydrogen-bond acceptors (Lipinski definition) is 2. The van der Waals surface area contributed by atoms with Gasteiger partial charge in [0.1, 0.15) is 0 Å². The summed E-state index contributed by atoms with van der Waals surface area (Å²) in [6, 6.07) is 6.47. The number of hydrogen-bond donors (Lipinski definition) is 1. The second kappa shape index (κ2) is 5.24. The van der Waals surface area contributed by atoms with Crippen molar-refractivity contribution < 1.29 is 4.79 Å². The first-order valence-electron chi connectivity index (χ1n) is 7.44. The summed E-state index contributed by atoms with van der Waals surface area (Å²) in [7, 11) is 0. The molecule has 1 N–H and O–H groups in total. The van der Waals surface area contributed by atoms with Crippen molar-refractivity contribution in [3.63, 3.8) is 0 Å². The van der Waals surface area contributed by atoms with E-state index in [1.165, 1.54) is 12.0 Å². The molecule has 0 bridgehead atoms. The number of amides is 1. The summed E-state index contributed by atoms with van der Waals surface area (Å²) in [5.41, 5.74) is 3.29. The number of likely N-dealkylation sites (tertiary alicyclic amines) is 1. The van der Waals surface area contributed by atoms with Crippen molar-refractivity contribution in [1.82, 2.24) is 4.90 Å². The number of nitrogens with one attached hydrogen (secondary N) is 1. The summed E-state index contributed by atoms with van der Waals surface area (Å²) in [6.07, 6.45) is 5.67. The van der Waals surface area contributed by atoms with Gasteiger partial charge in [0.05, 0.1) is 0 Å². The maximum absolute atomic E-state index is 12.8. The molecule has 0 aliphatic carbocycles. The van der Waals surface area contributed by atoms with Gasteiger partial charge in [-0.3, -0.25) is 4.79 Å². The fraction of sp³-hybridized carbons (Fsp3) is 0.562. The minimum absolute atomic E-state index is 0.229. The normalized spacial score (nSPS) is 22.6. The summed E-state index contributed by atoms with van der Waals surface area (Å²) in [5.74, 6) is 0.229. The molecule has 19 heavy (non-hydrogen) atoms. The van der Waals surface area contributed by atoms with Gasteiger partial charge in [0, 0.05) is 30.4 Å². The fourth-order valence-electron chi connectivity index (χ4n) is 3.26. The first kappa shape index (κ1) is 12.5. The standard InChI is InChI=1S/C16H22N2O/c1-12-6-2-3-11-18(12)16(19)14-7-4-9-15-13(14)8-5-10-17-15/h4,7,9,12,17H,2-3,5-6,8,10-11H2,1H3. The molecule has 3 heteroatoms. The molecule has 3 rings (SSSR count). The smallest absolute Gasteiger partial charge is 0.254 e. The number of rotatable bonds is 1. The average molecular weight is 258 g/mol. The lowest BCUT2D eigenvalue weighted by Gasteiger charge is -2.34. The van der Waals surface area contributed by atoms with Crippen LogP contribution in [0.15, 0.2) is 18.2 Å². The summed E-state index contributed by atoms with van der Waals surface area (Å²) in [6.45, 7) is 4.10. The SMILES string of the molecule is CC1CCCCN1C(=O)c1cccc2c1CCCN2. The number of nitrogens with zero attached hydrogens (tertiary/aromatic N) is 1. The molecular weight excluding hydrogens is 236 g/mol. The quantitative estimate of drug-likeness (QED) is 0.839. The van der Waals surface area contributed by atoms with Crippen LogP contribution in [-0.2, 0) is 6.42 Å². The summed E-state index contributed by atoms with van der Waals surface area (Å²) in [5, 5.41) is 3.40. The molecule has 2 heterocycles. The molecule has 0 spiro atoms. The number of carbonyl (C=O) groups excluding carboxylic acids is 1. The van der Waals surface area contributed by atoms with Crippen LogP contribution in [0.1, 0.15) is 48.5 Å². The van der Waals surface area contributed by atoms with Gasteiger partial charge < -0.3 is 10.2 Å². The van der Waals surface area contributed by atoms with Crippen LogP contribution in [0.4, 0.5) is 5.69 Å². The van der Waals surface area contributed by atoms with E-state index in [2.05, 4.69) is 23.2 Å². The van der Waals surface area contributed by atoms with Crippen molar-refractivity contribution in [2.75, 3.05) is 18.4 Å². The van der Waals surface area contributed by atoms with E-state index < -0.39 is 0 Å². The number of carbonyl (C=O) groups is 1. The third-order valence-corrected chi connectivity index (χ3v) is 4.39. The lowest BCUT2D eigenvalue weighted by atomic mass is 9.95. The fourth-order valence-corrected chi connectivity index (χ4v) is 3.26. The highest BCUT2D eigenvalue weighted by molar-refractivity contribution is 5.97. The molecule has 2 aliphatic rings. The topological polar surface area (TPSA) is 32.3 Å². The van der Waals surface area contributed by atoms with Crippen molar-refractivity contribution in [3.05, 3.63) is 29.3 Å². The number of fused-ring (bicyclic) bond motifs is 1. The second-order valence-corrected chi connectivity index (χ2v) is 5.71. The predicted molar refractivity (Wildman–Crippen MR) is 77.6 cm³/mol. The van der Waals surface area contributed by atoms with E-state index >= 15 is 0 Å². The summed E-state index contributed by atoms with van der Waals surface area (Å²) < 4.78 is 0. The molecule has 102 valence electrons. The predicted octanol–water partition coefficient (Wildman–Crippen LogP) is 3.06. The first-order valence-corrected chi connectivity index (χ1v) is 7.44. The largest absolute Gasteiger partial charge is 0.385 e. The Kier molecular flexibility index (Phi) is 3.45. The van der Waals surface area contributed by atoms with Crippen molar-refractivity contribution >= 4 is 11.6 Å². The molecule has 0 saturated carbocycles. The van der Waals surface area contributed by atoms with Gasteiger partial charge in [0.15, 0.2) is 0 Å². The minimum Gasteiger partial charge on any atom is -0.385 e. The molecule has 1 saturated heterocycles. The number of anilines is 1. The maximum Gasteiger partial charge on any atom is 0.254 e. The van der Waals surface area contributed by atoms with Crippen molar-refractivity contribution in [1.29, 1.82) is 0 Å². The van der Waals surface area contributed by atoms with Crippen molar-refractivity contribution in [2.45, 2.75) is 45.1 Å². The van der Waals surface area contributed by atoms with Gasteiger partial charge in [-0.1, -0.05) is 6.07 Å². The highest BCUT2D eigenvalue weighted by Crippen LogP contribution is 2.28. The Balaban J connectivity index is 1.91. The maximum atomic E-state index is 12.8. The Morgan fingerprint density at radius 1 is 1.32 bits per heavy atom. The van der Waals surface area contributed by atoms with Crippen LogP contribution in [-0.4, -0.2) is 29.9 Å². The zero-order chi connectivity index (χ0) is 13.2. The lowest BCUT2D eigenvalue weighted by molar-refractivity contribution is 0.0634. The van der Waals surface area contributed by atoms with E-state index in [9.17, 15) is 4.79 Å². The van der Waals surface area contributed by atoms with E-state index in [-0.39, 0.29) is 5.91 Å². The van der Waals surface area contributed by atoms with Gasteiger partial charge in [-0.2, -0.15) is 0 Å². The third kappa shape index (κ3) is 2.34. The highest BCUT2D eigenvalue weighted by Gasteiger charge is 2.26. The zero-order valence-corrected chi connectivity index (χ0v) is 11.6. The third-order valence-electron chi connectivity index (χ3n) is 4.39. The molecule has 1 unspecified atom stereocenters. The van der Waals surface area contributed by atoms with Gasteiger partial charge in [0.25, 0.3) is 5.91 Å². The van der Waals surface area contributed by atoms with Gasteiger partial charge in [-0.05, 0) is 56.7 Å². The molecule has 3 nitrogen and oxygen atoms in total. The summed E-state index contributed by atoms with van der Waals surface area (Å²) >= 11 is 0. The van der Waals surface area contributed by atoms with Crippen LogP contribution in [0.25, 0.3) is 0 Å². The Hall–Kier alpha value is -1.51. The van der Waals surface area contributed by atoms with E-state index in [0.717, 1.165) is 50.0 Å². The Morgan fingerprint density at radius 2 is 2.21 bits per heavy atom. The average Bonchev–Trinajstić information content (AvgIpc) is 2.46. The summed E-state index contributed by atoms with van der Waals surface area (Å²) in [4.78, 5) is 14.8. The molecule has 1 atom stereocenters. The molecule has 0 aromatic heterocycles. The Bertz CT molecular complexity index is 484. The number of piperidine rings is 1. The lowest BCUT2D eigenvalue weighted by Crippen LogP contribution is -2.42. The highest BCUT2D eigenvalue weighted by atomic mass is 16.2. The molecule has 0 radical (unpaired) electrons. The molecule has 1 aromatic rings. The van der Waals surface area contributed by atoms with Crippen LogP contribution < -0.4 is 5.32 Å². The van der Waals surface area contributed by atoms with Gasteiger partial charge >= 0.3 is 0 Å². The minimum atomic E-state index is 0.229. The van der Waals surface area contributed by atoms with Gasteiger partial charge in [0.2, 0.25) is 0 Å². The molecule has 1 amide bonds. The van der Waals surface area contributed by atoms with E-state index in [1.807, 2.05) is 12.1 Å². The molecular formula is C16H22N2O. The molecule has 1 aromatic carbocycles. The Labute approximate surface area is 115 Å². The van der Waals surface area contributed by atoms with Crippen LogP contribution in [0.5, 0.6) is 0 Å². The van der Waals surface area contributed by atoms with Crippen molar-refractivity contribution in [2.24, 2.45) is 0 Å². The molecule has 1 fully saturated rings. The van der Waals surface area contributed by atoms with Crippen molar-refractivity contribution in [3.8, 4) is 0 Å². The van der Waals surface area contributed by atoms with Crippen LogP contribution in [0.3, 0.4) is 0 Å². The molecule has 2 aliphatic heterocycles. The van der Waals surface area contributed by atoms with Gasteiger partial charge in [-0.25, -0.2) is 0 Å². The monoisotopic (exact) mass is 258 g/mol. The zero-order valence-electron chi connectivity index (χ0n) is 11.6. The first-order chi connectivity index (χ1) is 9.27. The van der Waals surface area contributed by atoms with Crippen LogP contribution in [0, 0.1) is 0 Å². The van der Waals surface area contributed by atoms with E-state index in [0.29, 0.717) is 6.04 Å². The second-order valence-electron chi connectivity index (χ2n) is 5.71. The van der Waals surface area contributed by atoms with Crippen LogP contribution in [0.2, 0.25) is 0 Å².